The smallest absolute Gasteiger partial charge is 0.131 e. The van der Waals surface area contributed by atoms with E-state index in [0.29, 0.717) is 0 Å². The highest BCUT2D eigenvalue weighted by molar-refractivity contribution is 6.00. The summed E-state index contributed by atoms with van der Waals surface area (Å²) in [5, 5.41) is 17.6. The maximum Gasteiger partial charge on any atom is 0.131 e. The number of benzene rings is 7. The third-order valence-electron chi connectivity index (χ3n) is 10.1. The number of aliphatic imine (C=N–C) groups is 1. The third-order valence-corrected chi connectivity index (χ3v) is 10.1. The topological polar surface area (TPSA) is 60.5 Å². The number of amidine groups is 1. The van der Waals surface area contributed by atoms with E-state index in [1.807, 2.05) is 6.07 Å². The van der Waals surface area contributed by atoms with Crippen LogP contribution in [0.2, 0.25) is 0 Å². The van der Waals surface area contributed by atoms with Gasteiger partial charge in [0.05, 0.1) is 6.04 Å². The van der Waals surface area contributed by atoms with E-state index in [-0.39, 0.29) is 24.5 Å². The van der Waals surface area contributed by atoms with Crippen molar-refractivity contribution in [2.24, 2.45) is 4.99 Å². The second kappa shape index (κ2) is 14.2. The van der Waals surface area contributed by atoms with Crippen LogP contribution in [0.15, 0.2) is 193 Å². The van der Waals surface area contributed by atoms with Crippen molar-refractivity contribution < 1.29 is 0 Å². The first-order valence-corrected chi connectivity index (χ1v) is 17.9. The van der Waals surface area contributed by atoms with Crippen LogP contribution in [0, 0.1) is 0 Å². The van der Waals surface area contributed by atoms with Crippen LogP contribution in [0.4, 0.5) is 0 Å². The van der Waals surface area contributed by atoms with Crippen molar-refractivity contribution in [1.82, 2.24) is 21.3 Å². The minimum absolute atomic E-state index is 0.0645. The average molecular weight is 674 g/mol. The molecular weight excluding hydrogens is 635 g/mol. The monoisotopic (exact) mass is 673 g/mol. The predicted octanol–water partition coefficient (Wildman–Crippen LogP) is 9.82. The molecule has 7 aromatic rings. The molecule has 4 N–H and O–H groups in total. The summed E-state index contributed by atoms with van der Waals surface area (Å²) >= 11 is 0. The van der Waals surface area contributed by atoms with Crippen LogP contribution in [0.25, 0.3) is 27.6 Å². The number of fused-ring (bicyclic) bond motifs is 1. The summed E-state index contributed by atoms with van der Waals surface area (Å²) in [6.45, 7) is 0. The molecule has 0 amide bonds. The molecule has 7 aromatic carbocycles. The van der Waals surface area contributed by atoms with E-state index in [0.717, 1.165) is 39.3 Å². The summed E-state index contributed by atoms with van der Waals surface area (Å²) in [7, 11) is 0. The molecule has 252 valence electrons. The van der Waals surface area contributed by atoms with Gasteiger partial charge >= 0.3 is 0 Å². The van der Waals surface area contributed by atoms with Crippen LogP contribution < -0.4 is 21.3 Å². The Morgan fingerprint density at radius 3 is 1.71 bits per heavy atom. The summed E-state index contributed by atoms with van der Waals surface area (Å²) in [5.74, 6) is 0.872. The highest BCUT2D eigenvalue weighted by Crippen LogP contribution is 2.38. The number of nitrogens with zero attached hydrogens (tertiary/aromatic N) is 1. The lowest BCUT2D eigenvalue weighted by atomic mass is 9.91. The molecule has 0 aromatic heterocycles. The van der Waals surface area contributed by atoms with Crippen molar-refractivity contribution in [2.45, 2.75) is 24.5 Å². The molecule has 0 saturated carbocycles. The first-order valence-electron chi connectivity index (χ1n) is 17.9. The number of rotatable bonds is 7. The predicted molar refractivity (Wildman–Crippen MR) is 213 cm³/mol. The third kappa shape index (κ3) is 6.40. The molecule has 0 aliphatic carbocycles. The lowest BCUT2D eigenvalue weighted by molar-refractivity contribution is 0.411. The van der Waals surface area contributed by atoms with Crippen LogP contribution in [0.1, 0.15) is 57.9 Å². The number of hydrogen-bond donors (Lipinski definition) is 4. The second-order valence-electron chi connectivity index (χ2n) is 13.3. The van der Waals surface area contributed by atoms with Gasteiger partial charge in [-0.2, -0.15) is 0 Å². The van der Waals surface area contributed by atoms with Gasteiger partial charge in [-0.25, -0.2) is 4.99 Å². The molecule has 2 aliphatic heterocycles. The van der Waals surface area contributed by atoms with E-state index >= 15 is 0 Å². The molecule has 0 spiro atoms. The fourth-order valence-electron chi connectivity index (χ4n) is 7.43. The summed E-state index contributed by atoms with van der Waals surface area (Å²) in [5.41, 5.74) is 10.4. The summed E-state index contributed by atoms with van der Waals surface area (Å²) in [6.07, 6.45) is 1.79. The van der Waals surface area contributed by atoms with Gasteiger partial charge in [0.25, 0.3) is 0 Å². The Labute approximate surface area is 304 Å². The Balaban J connectivity index is 1.11. The molecule has 0 saturated heterocycles. The molecule has 0 radical (unpaired) electrons. The molecule has 5 heteroatoms. The standard InChI is InChI=1S/C47H39N5/c1-5-16-34(17-6-1)41-31-42(35-18-7-2-8-19-35)49-44(48-41)38-27-25-33(26-28-38)40-30-29-32-15-13-14-24-39(32)43(40)47-51-45(36-20-9-3-10-21-36)50-46(52-47)37-22-11-4-12-23-37/h1-31,41,44-45,47-49,51H,(H,50,52). The van der Waals surface area contributed by atoms with E-state index < -0.39 is 0 Å². The second-order valence-corrected chi connectivity index (χ2v) is 13.3. The number of nitrogens with one attached hydrogen (secondary N) is 4. The minimum Gasteiger partial charge on any atom is -0.366 e. The molecule has 52 heavy (non-hydrogen) atoms. The zero-order chi connectivity index (χ0) is 34.7. The average Bonchev–Trinajstić information content (AvgIpc) is 3.24. The van der Waals surface area contributed by atoms with Crippen LogP contribution in [0.5, 0.6) is 0 Å². The van der Waals surface area contributed by atoms with Gasteiger partial charge < -0.3 is 10.6 Å². The van der Waals surface area contributed by atoms with Crippen LogP contribution in [0.3, 0.4) is 0 Å². The Bertz CT molecular complexity index is 2360. The fourth-order valence-corrected chi connectivity index (χ4v) is 7.43. The largest absolute Gasteiger partial charge is 0.366 e. The molecular formula is C47H39N5. The van der Waals surface area contributed by atoms with Crippen LogP contribution in [-0.2, 0) is 0 Å². The van der Waals surface area contributed by atoms with Crippen LogP contribution in [-0.4, -0.2) is 5.84 Å². The van der Waals surface area contributed by atoms with Crippen molar-refractivity contribution >= 4 is 22.3 Å². The minimum atomic E-state index is -0.297. The van der Waals surface area contributed by atoms with E-state index in [2.05, 4.69) is 203 Å². The van der Waals surface area contributed by atoms with Gasteiger partial charge in [0, 0.05) is 16.8 Å². The van der Waals surface area contributed by atoms with Crippen molar-refractivity contribution in [2.75, 3.05) is 0 Å². The highest BCUT2D eigenvalue weighted by atomic mass is 15.3. The van der Waals surface area contributed by atoms with Gasteiger partial charge in [-0.1, -0.05) is 182 Å². The lowest BCUT2D eigenvalue weighted by Crippen LogP contribution is -2.45. The lowest BCUT2D eigenvalue weighted by Gasteiger charge is -2.34. The molecule has 0 fully saturated rings. The molecule has 9 rings (SSSR count). The highest BCUT2D eigenvalue weighted by Gasteiger charge is 2.29. The van der Waals surface area contributed by atoms with E-state index in [4.69, 9.17) is 4.99 Å². The fraction of sp³-hybridized carbons (Fsp3) is 0.0851. The maximum absolute atomic E-state index is 5.37. The summed E-state index contributed by atoms with van der Waals surface area (Å²) in [6, 6.07) is 64.4. The molecule has 5 nitrogen and oxygen atoms in total. The Morgan fingerprint density at radius 1 is 0.423 bits per heavy atom. The molecule has 4 atom stereocenters. The summed E-state index contributed by atoms with van der Waals surface area (Å²) < 4.78 is 0. The van der Waals surface area contributed by atoms with E-state index in [9.17, 15) is 0 Å². The Morgan fingerprint density at radius 2 is 1.00 bits per heavy atom. The maximum atomic E-state index is 5.37. The van der Waals surface area contributed by atoms with Crippen molar-refractivity contribution in [1.29, 1.82) is 0 Å². The first kappa shape index (κ1) is 31.7. The SMILES string of the molecule is C1=C(c2ccccc2)NC(c2ccc(-c3ccc4ccccc4c3C3N=C(c4ccccc4)NC(c4ccccc4)N3)cc2)NC1c1ccccc1. The molecule has 2 aliphatic rings. The molecule has 4 unspecified atom stereocenters. The van der Waals surface area contributed by atoms with Crippen molar-refractivity contribution in [3.63, 3.8) is 0 Å². The van der Waals surface area contributed by atoms with Gasteiger partial charge in [-0.15, -0.1) is 0 Å². The zero-order valence-corrected chi connectivity index (χ0v) is 28.7. The number of hydrogen-bond acceptors (Lipinski definition) is 5. The Hall–Kier alpha value is -6.27. The normalized spacial score (nSPS) is 19.9. The zero-order valence-electron chi connectivity index (χ0n) is 28.7. The Kier molecular flexibility index (Phi) is 8.63. The van der Waals surface area contributed by atoms with Crippen LogP contribution >= 0.6 is 0 Å². The van der Waals surface area contributed by atoms with Gasteiger partial charge in [-0.3, -0.25) is 10.6 Å². The van der Waals surface area contributed by atoms with E-state index in [1.165, 1.54) is 27.5 Å². The van der Waals surface area contributed by atoms with Gasteiger partial charge in [-0.05, 0) is 50.2 Å². The van der Waals surface area contributed by atoms with Gasteiger partial charge in [0.2, 0.25) is 0 Å². The quantitative estimate of drug-likeness (QED) is 0.136. The van der Waals surface area contributed by atoms with Crippen molar-refractivity contribution in [3.8, 4) is 11.1 Å². The van der Waals surface area contributed by atoms with E-state index in [1.54, 1.807) is 0 Å². The molecule has 2 heterocycles. The molecule has 0 bridgehead atoms. The summed E-state index contributed by atoms with van der Waals surface area (Å²) in [4.78, 5) is 5.37. The first-order chi connectivity index (χ1) is 25.8. The van der Waals surface area contributed by atoms with Crippen molar-refractivity contribution in [3.05, 3.63) is 221 Å². The van der Waals surface area contributed by atoms with Gasteiger partial charge in [0.1, 0.15) is 24.3 Å². The van der Waals surface area contributed by atoms with Gasteiger partial charge in [0.15, 0.2) is 0 Å².